The zero-order valence-electron chi connectivity index (χ0n) is 10.3. The molecule has 2 atom stereocenters. The Morgan fingerprint density at radius 3 is 2.35 bits per heavy atom. The maximum atomic E-state index is 11.4. The van der Waals surface area contributed by atoms with Crippen molar-refractivity contribution in [1.82, 2.24) is 0 Å². The van der Waals surface area contributed by atoms with Crippen molar-refractivity contribution in [3.8, 4) is 0 Å². The van der Waals surface area contributed by atoms with Crippen molar-refractivity contribution < 1.29 is 29.0 Å². The summed E-state index contributed by atoms with van der Waals surface area (Å²) in [5, 5.41) is 9.22. The first kappa shape index (κ1) is 15.6. The van der Waals surface area contributed by atoms with Gasteiger partial charge in [0.05, 0.1) is 13.2 Å². The first-order valence-electron chi connectivity index (χ1n) is 5.31. The fourth-order valence-corrected chi connectivity index (χ4v) is 1.24. The van der Waals surface area contributed by atoms with Crippen molar-refractivity contribution >= 4 is 17.7 Å². The van der Waals surface area contributed by atoms with Gasteiger partial charge in [0.25, 0.3) is 0 Å². The van der Waals surface area contributed by atoms with Crippen molar-refractivity contribution in [2.45, 2.75) is 45.3 Å². The van der Waals surface area contributed by atoms with Gasteiger partial charge in [0.1, 0.15) is 5.78 Å². The molecule has 0 aliphatic heterocycles. The maximum Gasteiger partial charge on any atom is 0.335 e. The molecule has 0 saturated heterocycles. The van der Waals surface area contributed by atoms with Crippen LogP contribution in [0.1, 0.15) is 33.1 Å². The summed E-state index contributed by atoms with van der Waals surface area (Å²) in [5.74, 6) is -1.51. The molecule has 6 heteroatoms. The number of hydrogen-bond acceptors (Lipinski definition) is 6. The SMILES string of the molecule is COC(=O)C(O)CC(=O)CC[C@H](C)OC(C)=O. The second-order valence-corrected chi connectivity index (χ2v) is 3.74. The van der Waals surface area contributed by atoms with E-state index in [1.807, 2.05) is 0 Å². The lowest BCUT2D eigenvalue weighted by Gasteiger charge is -2.11. The molecule has 1 N–H and O–H groups in total. The number of methoxy groups -OCH3 is 1. The Morgan fingerprint density at radius 2 is 1.88 bits per heavy atom. The monoisotopic (exact) mass is 246 g/mol. The van der Waals surface area contributed by atoms with Gasteiger partial charge < -0.3 is 14.6 Å². The van der Waals surface area contributed by atoms with Crippen LogP contribution in [0.15, 0.2) is 0 Å². The Labute approximate surface area is 99.9 Å². The van der Waals surface area contributed by atoms with Gasteiger partial charge in [-0.05, 0) is 13.3 Å². The Hall–Kier alpha value is -1.43. The highest BCUT2D eigenvalue weighted by molar-refractivity contribution is 5.85. The summed E-state index contributed by atoms with van der Waals surface area (Å²) in [4.78, 5) is 32.8. The van der Waals surface area contributed by atoms with Crippen molar-refractivity contribution in [1.29, 1.82) is 0 Å². The average molecular weight is 246 g/mol. The minimum absolute atomic E-state index is 0.141. The number of ether oxygens (including phenoxy) is 2. The summed E-state index contributed by atoms with van der Waals surface area (Å²) < 4.78 is 9.11. The van der Waals surface area contributed by atoms with Crippen LogP contribution in [-0.4, -0.2) is 42.1 Å². The summed E-state index contributed by atoms with van der Waals surface area (Å²) in [5.41, 5.74) is 0. The molecule has 1 unspecified atom stereocenters. The molecule has 0 fully saturated rings. The van der Waals surface area contributed by atoms with Crippen molar-refractivity contribution in [3.63, 3.8) is 0 Å². The Balaban J connectivity index is 3.87. The van der Waals surface area contributed by atoms with Gasteiger partial charge in [0, 0.05) is 19.8 Å². The number of carbonyl (C=O) groups is 3. The largest absolute Gasteiger partial charge is 0.467 e. The molecule has 0 aliphatic carbocycles. The topological polar surface area (TPSA) is 89.9 Å². The number of Topliss-reactive ketones (excluding diaryl/α,β-unsaturated/α-hetero) is 1. The van der Waals surface area contributed by atoms with Crippen LogP contribution in [0.4, 0.5) is 0 Å². The van der Waals surface area contributed by atoms with Gasteiger partial charge in [-0.15, -0.1) is 0 Å². The minimum atomic E-state index is -1.42. The lowest BCUT2D eigenvalue weighted by molar-refractivity contribution is -0.152. The molecular formula is C11H18O6. The number of aliphatic hydroxyl groups is 1. The number of rotatable bonds is 7. The van der Waals surface area contributed by atoms with Crippen LogP contribution in [0.5, 0.6) is 0 Å². The van der Waals surface area contributed by atoms with Crippen molar-refractivity contribution in [3.05, 3.63) is 0 Å². The predicted molar refractivity (Wildman–Crippen MR) is 58.1 cm³/mol. The summed E-state index contributed by atoms with van der Waals surface area (Å²) in [7, 11) is 1.14. The second-order valence-electron chi connectivity index (χ2n) is 3.74. The maximum absolute atomic E-state index is 11.4. The van der Waals surface area contributed by atoms with E-state index in [9.17, 15) is 19.5 Å². The minimum Gasteiger partial charge on any atom is -0.467 e. The first-order chi connectivity index (χ1) is 7.86. The van der Waals surface area contributed by atoms with Crippen molar-refractivity contribution in [2.24, 2.45) is 0 Å². The van der Waals surface area contributed by atoms with Crippen molar-refractivity contribution in [2.75, 3.05) is 7.11 Å². The van der Waals surface area contributed by atoms with Crippen LogP contribution in [0.3, 0.4) is 0 Å². The van der Waals surface area contributed by atoms with Crippen LogP contribution in [0.25, 0.3) is 0 Å². The third kappa shape index (κ3) is 7.46. The van der Waals surface area contributed by atoms with E-state index >= 15 is 0 Å². The smallest absolute Gasteiger partial charge is 0.335 e. The number of carbonyl (C=O) groups excluding carboxylic acids is 3. The van der Waals surface area contributed by atoms with Crippen LogP contribution in [0.2, 0.25) is 0 Å². The number of hydrogen-bond donors (Lipinski definition) is 1. The molecule has 0 aromatic carbocycles. The van der Waals surface area contributed by atoms with Crippen LogP contribution < -0.4 is 0 Å². The standard InChI is InChI=1S/C11H18O6/c1-7(17-8(2)12)4-5-9(13)6-10(14)11(15)16-3/h7,10,14H,4-6H2,1-3H3/t7-,10?/m0/s1. The molecule has 0 rings (SSSR count). The Bertz CT molecular complexity index is 286. The third-order valence-electron chi connectivity index (χ3n) is 2.09. The molecule has 0 radical (unpaired) electrons. The molecule has 6 nitrogen and oxygen atoms in total. The third-order valence-corrected chi connectivity index (χ3v) is 2.09. The first-order valence-corrected chi connectivity index (χ1v) is 5.31. The zero-order valence-corrected chi connectivity index (χ0v) is 10.3. The van der Waals surface area contributed by atoms with E-state index in [-0.39, 0.29) is 24.7 Å². The highest BCUT2D eigenvalue weighted by atomic mass is 16.5. The van der Waals surface area contributed by atoms with Gasteiger partial charge in [-0.3, -0.25) is 9.59 Å². The summed E-state index contributed by atoms with van der Waals surface area (Å²) in [6.45, 7) is 2.96. The highest BCUT2D eigenvalue weighted by Gasteiger charge is 2.19. The molecule has 0 spiro atoms. The molecule has 0 aliphatic rings. The fraction of sp³-hybridized carbons (Fsp3) is 0.727. The molecule has 0 bridgehead atoms. The van der Waals surface area contributed by atoms with E-state index in [2.05, 4.69) is 4.74 Å². The Kier molecular flexibility index (Phi) is 7.13. The zero-order chi connectivity index (χ0) is 13.4. The molecule has 0 heterocycles. The second kappa shape index (κ2) is 7.78. The normalized spacial score (nSPS) is 13.6. The molecule has 17 heavy (non-hydrogen) atoms. The van der Waals surface area contributed by atoms with E-state index < -0.39 is 18.0 Å². The van der Waals surface area contributed by atoms with Gasteiger partial charge >= 0.3 is 11.9 Å². The average Bonchev–Trinajstić information content (AvgIpc) is 2.24. The lowest BCUT2D eigenvalue weighted by Crippen LogP contribution is -2.25. The van der Waals surface area contributed by atoms with E-state index in [0.29, 0.717) is 6.42 Å². The lowest BCUT2D eigenvalue weighted by atomic mass is 10.1. The molecule has 0 amide bonds. The van der Waals surface area contributed by atoms with Crippen LogP contribution >= 0.6 is 0 Å². The molecule has 0 aromatic heterocycles. The van der Waals surface area contributed by atoms with E-state index in [0.717, 1.165) is 7.11 Å². The van der Waals surface area contributed by atoms with Crippen LogP contribution in [-0.2, 0) is 23.9 Å². The quantitative estimate of drug-likeness (QED) is 0.646. The van der Waals surface area contributed by atoms with E-state index in [1.54, 1.807) is 6.92 Å². The fourth-order valence-electron chi connectivity index (χ4n) is 1.24. The summed E-state index contributed by atoms with van der Waals surface area (Å²) in [6, 6.07) is 0. The summed E-state index contributed by atoms with van der Waals surface area (Å²) in [6.07, 6.45) is -1.54. The van der Waals surface area contributed by atoms with Gasteiger partial charge in [0.2, 0.25) is 0 Å². The van der Waals surface area contributed by atoms with Crippen LogP contribution in [0, 0.1) is 0 Å². The molecular weight excluding hydrogens is 228 g/mol. The van der Waals surface area contributed by atoms with Gasteiger partial charge in [-0.2, -0.15) is 0 Å². The van der Waals surface area contributed by atoms with E-state index in [4.69, 9.17) is 4.74 Å². The van der Waals surface area contributed by atoms with Gasteiger partial charge in [-0.25, -0.2) is 4.79 Å². The molecule has 0 aromatic rings. The molecule has 0 saturated carbocycles. The van der Waals surface area contributed by atoms with E-state index in [1.165, 1.54) is 6.92 Å². The summed E-state index contributed by atoms with van der Waals surface area (Å²) >= 11 is 0. The highest BCUT2D eigenvalue weighted by Crippen LogP contribution is 2.06. The number of esters is 2. The number of aliphatic hydroxyl groups excluding tert-OH is 1. The Morgan fingerprint density at radius 1 is 1.29 bits per heavy atom. The van der Waals surface area contributed by atoms with Gasteiger partial charge in [0.15, 0.2) is 6.10 Å². The molecule has 98 valence electrons. The number of ketones is 1. The predicted octanol–water partition coefficient (Wildman–Crippen LogP) is 0.211. The van der Waals surface area contributed by atoms with Gasteiger partial charge in [-0.1, -0.05) is 0 Å².